The van der Waals surface area contributed by atoms with Crippen molar-refractivity contribution in [1.82, 2.24) is 20.5 Å². The fourth-order valence-electron chi connectivity index (χ4n) is 1.82. The molecule has 0 atom stereocenters. The van der Waals surface area contributed by atoms with E-state index in [1.807, 2.05) is 30.6 Å². The van der Waals surface area contributed by atoms with Crippen LogP contribution in [0.5, 0.6) is 0 Å². The molecule has 2 N–H and O–H groups in total. The van der Waals surface area contributed by atoms with Crippen molar-refractivity contribution in [3.8, 4) is 11.3 Å². The lowest BCUT2D eigenvalue weighted by Gasteiger charge is -1.99. The lowest BCUT2D eigenvalue weighted by Crippen LogP contribution is -2.11. The molecule has 0 amide bonds. The van der Waals surface area contributed by atoms with Crippen LogP contribution < -0.4 is 5.32 Å². The van der Waals surface area contributed by atoms with Gasteiger partial charge in [-0.2, -0.15) is 5.10 Å². The Hall–Kier alpha value is -1.98. The summed E-state index contributed by atoms with van der Waals surface area (Å²) in [7, 11) is 0. The van der Waals surface area contributed by atoms with Crippen molar-refractivity contribution >= 4 is 11.3 Å². The second-order valence-electron chi connectivity index (χ2n) is 4.20. The Labute approximate surface area is 115 Å². The van der Waals surface area contributed by atoms with Gasteiger partial charge in [-0.15, -0.1) is 11.3 Å². The zero-order valence-electron chi connectivity index (χ0n) is 10.3. The van der Waals surface area contributed by atoms with Crippen molar-refractivity contribution < 1.29 is 0 Å². The van der Waals surface area contributed by atoms with Crippen molar-refractivity contribution in [2.75, 3.05) is 0 Å². The molecule has 0 unspecified atom stereocenters. The third-order valence-electron chi connectivity index (χ3n) is 2.78. The quantitative estimate of drug-likeness (QED) is 0.749. The first-order chi connectivity index (χ1) is 9.42. The molecule has 0 saturated carbocycles. The van der Waals surface area contributed by atoms with E-state index < -0.39 is 0 Å². The van der Waals surface area contributed by atoms with Gasteiger partial charge in [0, 0.05) is 35.8 Å². The number of benzene rings is 1. The zero-order valence-corrected chi connectivity index (χ0v) is 11.2. The first kappa shape index (κ1) is 12.1. The molecule has 0 fully saturated rings. The molecule has 0 saturated heterocycles. The average molecular weight is 270 g/mol. The highest BCUT2D eigenvalue weighted by atomic mass is 32.1. The molecule has 0 spiro atoms. The highest BCUT2D eigenvalue weighted by molar-refractivity contribution is 7.09. The fraction of sp³-hybridized carbons (Fsp3) is 0.143. The molecule has 0 bridgehead atoms. The second kappa shape index (κ2) is 5.77. The second-order valence-corrected chi connectivity index (χ2v) is 5.15. The smallest absolute Gasteiger partial charge is 0.107 e. The van der Waals surface area contributed by atoms with Gasteiger partial charge in [0.25, 0.3) is 0 Å². The lowest BCUT2D eigenvalue weighted by molar-refractivity contribution is 0.690. The number of nitrogens with one attached hydrogen (secondary N) is 2. The van der Waals surface area contributed by atoms with E-state index in [0.29, 0.717) is 0 Å². The van der Waals surface area contributed by atoms with Crippen LogP contribution in [-0.2, 0) is 13.1 Å². The van der Waals surface area contributed by atoms with E-state index in [4.69, 9.17) is 0 Å². The van der Waals surface area contributed by atoms with Crippen molar-refractivity contribution in [2.24, 2.45) is 0 Å². The number of aromatic nitrogens is 3. The Morgan fingerprint density at radius 1 is 1.16 bits per heavy atom. The molecule has 5 heteroatoms. The van der Waals surface area contributed by atoms with E-state index in [0.717, 1.165) is 29.4 Å². The highest BCUT2D eigenvalue weighted by Crippen LogP contribution is 2.21. The minimum absolute atomic E-state index is 0.780. The summed E-state index contributed by atoms with van der Waals surface area (Å²) in [5, 5.41) is 13.3. The Morgan fingerprint density at radius 3 is 2.84 bits per heavy atom. The number of hydrogen-bond acceptors (Lipinski definition) is 4. The van der Waals surface area contributed by atoms with Gasteiger partial charge in [0.2, 0.25) is 0 Å². The summed E-state index contributed by atoms with van der Waals surface area (Å²) in [6.07, 6.45) is 3.72. The van der Waals surface area contributed by atoms with Gasteiger partial charge in [-0.05, 0) is 0 Å². The summed E-state index contributed by atoms with van der Waals surface area (Å²) in [5.74, 6) is 0. The number of rotatable bonds is 5. The van der Waals surface area contributed by atoms with Gasteiger partial charge in [0.1, 0.15) is 5.01 Å². The van der Waals surface area contributed by atoms with E-state index in [2.05, 4.69) is 38.0 Å². The summed E-state index contributed by atoms with van der Waals surface area (Å²) >= 11 is 1.68. The van der Waals surface area contributed by atoms with Crippen LogP contribution in [-0.4, -0.2) is 15.2 Å². The van der Waals surface area contributed by atoms with Gasteiger partial charge in [-0.3, -0.25) is 5.10 Å². The van der Waals surface area contributed by atoms with Crippen molar-refractivity contribution in [3.63, 3.8) is 0 Å². The van der Waals surface area contributed by atoms with Crippen LogP contribution in [0, 0.1) is 0 Å². The monoisotopic (exact) mass is 270 g/mol. The largest absolute Gasteiger partial charge is 0.306 e. The Balaban J connectivity index is 1.59. The van der Waals surface area contributed by atoms with Crippen LogP contribution in [0.3, 0.4) is 0 Å². The van der Waals surface area contributed by atoms with Gasteiger partial charge >= 0.3 is 0 Å². The standard InChI is InChI=1S/C14H14N4S/c1-2-4-12(5-3-1)13-10-19-14(18-13)9-15-6-11-7-16-17-8-11/h1-5,7-8,10,15H,6,9H2,(H,16,17). The van der Waals surface area contributed by atoms with Gasteiger partial charge in [0.15, 0.2) is 0 Å². The summed E-state index contributed by atoms with van der Waals surface area (Å²) in [6, 6.07) is 10.2. The van der Waals surface area contributed by atoms with E-state index in [1.165, 1.54) is 5.56 Å². The Bertz CT molecular complexity index is 616. The summed E-state index contributed by atoms with van der Waals surface area (Å²) in [6.45, 7) is 1.58. The molecular weight excluding hydrogens is 256 g/mol. The van der Waals surface area contributed by atoms with E-state index >= 15 is 0 Å². The molecule has 4 nitrogen and oxygen atoms in total. The molecule has 3 rings (SSSR count). The minimum atomic E-state index is 0.780. The van der Waals surface area contributed by atoms with Crippen LogP contribution in [0.4, 0.5) is 0 Å². The van der Waals surface area contributed by atoms with Crippen LogP contribution in [0.2, 0.25) is 0 Å². The highest BCUT2D eigenvalue weighted by Gasteiger charge is 2.03. The van der Waals surface area contributed by atoms with Crippen LogP contribution >= 0.6 is 11.3 Å². The summed E-state index contributed by atoms with van der Waals surface area (Å²) < 4.78 is 0. The van der Waals surface area contributed by atoms with Crippen molar-refractivity contribution in [3.05, 3.63) is 58.7 Å². The molecule has 0 radical (unpaired) electrons. The van der Waals surface area contributed by atoms with Crippen LogP contribution in [0.1, 0.15) is 10.6 Å². The maximum absolute atomic E-state index is 4.63. The molecule has 2 aromatic heterocycles. The minimum Gasteiger partial charge on any atom is -0.306 e. The maximum Gasteiger partial charge on any atom is 0.107 e. The van der Waals surface area contributed by atoms with E-state index in [-0.39, 0.29) is 0 Å². The van der Waals surface area contributed by atoms with Gasteiger partial charge in [-0.1, -0.05) is 30.3 Å². The van der Waals surface area contributed by atoms with Crippen molar-refractivity contribution in [1.29, 1.82) is 0 Å². The van der Waals surface area contributed by atoms with Gasteiger partial charge < -0.3 is 5.32 Å². The van der Waals surface area contributed by atoms with Gasteiger partial charge in [0.05, 0.1) is 11.9 Å². The Kier molecular flexibility index (Phi) is 3.67. The first-order valence-electron chi connectivity index (χ1n) is 6.10. The maximum atomic E-state index is 4.63. The predicted octanol–water partition coefficient (Wildman–Crippen LogP) is 2.82. The average Bonchev–Trinajstić information content (AvgIpc) is 3.11. The number of nitrogens with zero attached hydrogens (tertiary/aromatic N) is 2. The predicted molar refractivity (Wildman–Crippen MR) is 76.7 cm³/mol. The number of H-pyrrole nitrogens is 1. The molecule has 2 heterocycles. The number of hydrogen-bond donors (Lipinski definition) is 2. The lowest BCUT2D eigenvalue weighted by atomic mass is 10.2. The molecular formula is C14H14N4S. The molecule has 19 heavy (non-hydrogen) atoms. The molecule has 0 aliphatic rings. The zero-order chi connectivity index (χ0) is 12.9. The number of thiazole rings is 1. The normalized spacial score (nSPS) is 10.7. The third-order valence-corrected chi connectivity index (χ3v) is 3.63. The summed E-state index contributed by atoms with van der Waals surface area (Å²) in [4.78, 5) is 4.63. The molecule has 3 aromatic rings. The van der Waals surface area contributed by atoms with Crippen LogP contribution in [0.15, 0.2) is 48.1 Å². The Morgan fingerprint density at radius 2 is 2.05 bits per heavy atom. The van der Waals surface area contributed by atoms with E-state index in [1.54, 1.807) is 11.3 Å². The fourth-order valence-corrected chi connectivity index (χ4v) is 2.59. The first-order valence-corrected chi connectivity index (χ1v) is 6.98. The summed E-state index contributed by atoms with van der Waals surface area (Å²) in [5.41, 5.74) is 3.37. The molecule has 0 aliphatic carbocycles. The van der Waals surface area contributed by atoms with Crippen LogP contribution in [0.25, 0.3) is 11.3 Å². The molecule has 1 aromatic carbocycles. The van der Waals surface area contributed by atoms with Gasteiger partial charge in [-0.25, -0.2) is 4.98 Å². The third kappa shape index (κ3) is 3.07. The topological polar surface area (TPSA) is 53.6 Å². The van der Waals surface area contributed by atoms with Crippen molar-refractivity contribution in [2.45, 2.75) is 13.1 Å². The number of aromatic amines is 1. The molecule has 0 aliphatic heterocycles. The van der Waals surface area contributed by atoms with E-state index in [9.17, 15) is 0 Å². The molecule has 96 valence electrons. The SMILES string of the molecule is c1ccc(-c2csc(CNCc3cn[nH]c3)n2)cc1.